The lowest BCUT2D eigenvalue weighted by Gasteiger charge is -2.21. The van der Waals surface area contributed by atoms with Gasteiger partial charge in [0.25, 0.3) is 0 Å². The van der Waals surface area contributed by atoms with Gasteiger partial charge in [-0.3, -0.25) is 0 Å². The van der Waals surface area contributed by atoms with E-state index < -0.39 is 0 Å². The molecule has 1 aliphatic heterocycles. The van der Waals surface area contributed by atoms with E-state index in [1.165, 1.54) is 0 Å². The fourth-order valence-electron chi connectivity index (χ4n) is 2.13. The molecule has 0 fully saturated rings. The van der Waals surface area contributed by atoms with Crippen molar-refractivity contribution in [2.75, 3.05) is 6.79 Å². The van der Waals surface area contributed by atoms with Crippen molar-refractivity contribution in [1.82, 2.24) is 0 Å². The second-order valence-electron chi connectivity index (χ2n) is 4.50. The first-order valence-corrected chi connectivity index (χ1v) is 8.36. The first-order valence-electron chi connectivity index (χ1n) is 6.24. The zero-order valence-electron chi connectivity index (χ0n) is 10.9. The molecule has 0 unspecified atom stereocenters. The minimum absolute atomic E-state index is 0.263. The van der Waals surface area contributed by atoms with Crippen LogP contribution in [0.1, 0.15) is 11.1 Å². The second-order valence-corrected chi connectivity index (χ2v) is 6.74. The highest BCUT2D eigenvalue weighted by atomic mass is 35.5. The highest BCUT2D eigenvalue weighted by Gasteiger charge is 2.17. The van der Waals surface area contributed by atoms with Crippen molar-refractivity contribution in [2.45, 2.75) is 17.3 Å². The molecule has 0 radical (unpaired) electrons. The van der Waals surface area contributed by atoms with Crippen LogP contribution in [0.2, 0.25) is 15.1 Å². The summed E-state index contributed by atoms with van der Waals surface area (Å²) in [6.45, 7) is 0.777. The molecular formula is C15H11Cl3O2S. The largest absolute Gasteiger partial charge is 0.467 e. The molecule has 0 saturated carbocycles. The van der Waals surface area contributed by atoms with Crippen LogP contribution >= 0.6 is 46.6 Å². The Bertz CT molecular complexity index is 656. The van der Waals surface area contributed by atoms with E-state index in [-0.39, 0.29) is 6.79 Å². The van der Waals surface area contributed by atoms with E-state index in [4.69, 9.17) is 44.3 Å². The molecule has 0 spiro atoms. The quantitative estimate of drug-likeness (QED) is 0.643. The van der Waals surface area contributed by atoms with Crippen molar-refractivity contribution in [3.63, 3.8) is 0 Å². The normalized spacial score (nSPS) is 13.7. The summed E-state index contributed by atoms with van der Waals surface area (Å²) in [5, 5.41) is 1.96. The maximum Gasteiger partial charge on any atom is 0.189 e. The number of halogens is 3. The molecule has 110 valence electrons. The topological polar surface area (TPSA) is 18.5 Å². The summed E-state index contributed by atoms with van der Waals surface area (Å²) in [6.07, 6.45) is 0. The van der Waals surface area contributed by atoms with E-state index in [9.17, 15) is 0 Å². The summed E-state index contributed by atoms with van der Waals surface area (Å²) < 4.78 is 10.9. The van der Waals surface area contributed by atoms with Gasteiger partial charge in [-0.05, 0) is 24.3 Å². The standard InChI is InChI=1S/C15H11Cl3O2S/c16-11-4-9-6-19-8-20-14(9)10(5-11)7-21-15-12(17)2-1-3-13(15)18/h1-5H,6-8H2. The third kappa shape index (κ3) is 3.43. The van der Waals surface area contributed by atoms with Crippen molar-refractivity contribution in [2.24, 2.45) is 0 Å². The Morgan fingerprint density at radius 3 is 2.62 bits per heavy atom. The van der Waals surface area contributed by atoms with E-state index in [0.29, 0.717) is 27.4 Å². The van der Waals surface area contributed by atoms with Gasteiger partial charge in [0.2, 0.25) is 0 Å². The van der Waals surface area contributed by atoms with Crippen molar-refractivity contribution in [3.05, 3.63) is 56.5 Å². The molecule has 0 saturated heterocycles. The van der Waals surface area contributed by atoms with E-state index in [2.05, 4.69) is 0 Å². The molecular weight excluding hydrogens is 351 g/mol. The maximum atomic E-state index is 6.19. The fraction of sp³-hybridized carbons (Fsp3) is 0.200. The highest BCUT2D eigenvalue weighted by Crippen LogP contribution is 2.39. The second kappa shape index (κ2) is 6.67. The molecule has 0 amide bonds. The molecule has 3 rings (SSSR count). The van der Waals surface area contributed by atoms with Crippen molar-refractivity contribution < 1.29 is 9.47 Å². The lowest BCUT2D eigenvalue weighted by atomic mass is 10.1. The Morgan fingerprint density at radius 1 is 1.10 bits per heavy atom. The predicted octanol–water partition coefficient (Wildman–Crippen LogP) is 5.81. The smallest absolute Gasteiger partial charge is 0.189 e. The lowest BCUT2D eigenvalue weighted by molar-refractivity contribution is -0.0168. The van der Waals surface area contributed by atoms with Gasteiger partial charge >= 0.3 is 0 Å². The summed E-state index contributed by atoms with van der Waals surface area (Å²) in [5.41, 5.74) is 1.98. The summed E-state index contributed by atoms with van der Waals surface area (Å²) >= 11 is 20.1. The molecule has 21 heavy (non-hydrogen) atoms. The van der Waals surface area contributed by atoms with Gasteiger partial charge in [0.1, 0.15) is 5.75 Å². The molecule has 0 N–H and O–H groups in total. The Morgan fingerprint density at radius 2 is 1.86 bits per heavy atom. The van der Waals surface area contributed by atoms with Crippen LogP contribution in [-0.2, 0) is 17.1 Å². The van der Waals surface area contributed by atoms with E-state index >= 15 is 0 Å². The molecule has 1 aliphatic rings. The van der Waals surface area contributed by atoms with Gasteiger partial charge in [-0.25, -0.2) is 0 Å². The van der Waals surface area contributed by atoms with E-state index in [1.807, 2.05) is 30.3 Å². The Balaban J connectivity index is 1.87. The van der Waals surface area contributed by atoms with Crippen molar-refractivity contribution >= 4 is 46.6 Å². The van der Waals surface area contributed by atoms with E-state index in [0.717, 1.165) is 21.8 Å². The highest BCUT2D eigenvalue weighted by molar-refractivity contribution is 7.98. The average Bonchev–Trinajstić information content (AvgIpc) is 2.46. The summed E-state index contributed by atoms with van der Waals surface area (Å²) in [6, 6.07) is 9.26. The average molecular weight is 362 g/mol. The van der Waals surface area contributed by atoms with Gasteiger partial charge in [-0.1, -0.05) is 40.9 Å². The van der Waals surface area contributed by atoms with Crippen LogP contribution in [-0.4, -0.2) is 6.79 Å². The molecule has 2 nitrogen and oxygen atoms in total. The van der Waals surface area contributed by atoms with Crippen LogP contribution in [0.3, 0.4) is 0 Å². The first kappa shape index (κ1) is 15.3. The van der Waals surface area contributed by atoms with Gasteiger partial charge < -0.3 is 9.47 Å². The first-order chi connectivity index (χ1) is 10.1. The maximum absolute atomic E-state index is 6.19. The molecule has 2 aromatic carbocycles. The van der Waals surface area contributed by atoms with Crippen LogP contribution < -0.4 is 4.74 Å². The number of fused-ring (bicyclic) bond motifs is 1. The van der Waals surface area contributed by atoms with Gasteiger partial charge in [0, 0.05) is 26.8 Å². The predicted molar refractivity (Wildman–Crippen MR) is 87.8 cm³/mol. The van der Waals surface area contributed by atoms with Crippen LogP contribution in [0.4, 0.5) is 0 Å². The number of rotatable bonds is 3. The number of benzene rings is 2. The Hall–Kier alpha value is -0.580. The van der Waals surface area contributed by atoms with Crippen LogP contribution in [0.5, 0.6) is 5.75 Å². The molecule has 0 bridgehead atoms. The lowest BCUT2D eigenvalue weighted by Crippen LogP contribution is -2.12. The summed E-state index contributed by atoms with van der Waals surface area (Å²) in [4.78, 5) is 0.863. The number of hydrogen-bond donors (Lipinski definition) is 0. The molecule has 0 aromatic heterocycles. The number of hydrogen-bond acceptors (Lipinski definition) is 3. The zero-order chi connectivity index (χ0) is 14.8. The van der Waals surface area contributed by atoms with Gasteiger partial charge in [0.05, 0.1) is 16.7 Å². The number of thioether (sulfide) groups is 1. The summed E-state index contributed by atoms with van der Waals surface area (Å²) in [5.74, 6) is 1.52. The minimum Gasteiger partial charge on any atom is -0.467 e. The van der Waals surface area contributed by atoms with Crippen molar-refractivity contribution in [1.29, 1.82) is 0 Å². The number of ether oxygens (including phenoxy) is 2. The summed E-state index contributed by atoms with van der Waals surface area (Å²) in [7, 11) is 0. The zero-order valence-corrected chi connectivity index (χ0v) is 14.0. The molecule has 0 atom stereocenters. The fourth-order valence-corrected chi connectivity index (χ4v) is 4.05. The van der Waals surface area contributed by atoms with Gasteiger partial charge in [-0.2, -0.15) is 0 Å². The molecule has 6 heteroatoms. The van der Waals surface area contributed by atoms with Crippen LogP contribution in [0.15, 0.2) is 35.2 Å². The third-order valence-electron chi connectivity index (χ3n) is 3.04. The van der Waals surface area contributed by atoms with Gasteiger partial charge in [-0.15, -0.1) is 11.8 Å². The Labute approximate surface area is 142 Å². The molecule has 2 aromatic rings. The monoisotopic (exact) mass is 360 g/mol. The Kier molecular flexibility index (Phi) is 4.87. The SMILES string of the molecule is Clc1cc2c(c(CSc3c(Cl)cccc3Cl)c1)OCOC2. The van der Waals surface area contributed by atoms with Crippen molar-refractivity contribution in [3.8, 4) is 5.75 Å². The van der Waals surface area contributed by atoms with Crippen LogP contribution in [0, 0.1) is 0 Å². The molecule has 0 aliphatic carbocycles. The van der Waals surface area contributed by atoms with Crippen LogP contribution in [0.25, 0.3) is 0 Å². The third-order valence-corrected chi connectivity index (χ3v) is 5.30. The molecule has 1 heterocycles. The van der Waals surface area contributed by atoms with Gasteiger partial charge in [0.15, 0.2) is 6.79 Å². The van der Waals surface area contributed by atoms with E-state index in [1.54, 1.807) is 11.8 Å². The minimum atomic E-state index is 0.263.